The molecule has 3 atom stereocenters. The standard InChI is InChI=1S/C13H25NO/c1-10(11-6-7-11)9-14-12-4-3-5-13(8-12)15-2/h10-14H,3-9H2,1-2H3. The minimum atomic E-state index is 0.507. The third-order valence-corrected chi connectivity index (χ3v) is 4.11. The van der Waals surface area contributed by atoms with Crippen LogP contribution in [0.5, 0.6) is 0 Å². The van der Waals surface area contributed by atoms with Gasteiger partial charge in [-0.05, 0) is 56.9 Å². The van der Waals surface area contributed by atoms with Gasteiger partial charge in [0.05, 0.1) is 6.10 Å². The molecular formula is C13H25NO. The molecule has 0 bridgehead atoms. The van der Waals surface area contributed by atoms with Crippen molar-refractivity contribution in [3.05, 3.63) is 0 Å². The number of methoxy groups -OCH3 is 1. The quantitative estimate of drug-likeness (QED) is 0.754. The van der Waals surface area contributed by atoms with Crippen molar-refractivity contribution in [2.45, 2.75) is 57.6 Å². The number of hydrogen-bond acceptors (Lipinski definition) is 2. The Labute approximate surface area is 93.8 Å². The maximum Gasteiger partial charge on any atom is 0.0586 e. The summed E-state index contributed by atoms with van der Waals surface area (Å²) in [5.41, 5.74) is 0. The van der Waals surface area contributed by atoms with E-state index in [0.717, 1.165) is 11.8 Å². The lowest BCUT2D eigenvalue weighted by Crippen LogP contribution is -2.39. The van der Waals surface area contributed by atoms with Crippen LogP contribution < -0.4 is 5.32 Å². The minimum absolute atomic E-state index is 0.507. The Hall–Kier alpha value is -0.0800. The van der Waals surface area contributed by atoms with Gasteiger partial charge in [-0.1, -0.05) is 6.92 Å². The lowest BCUT2D eigenvalue weighted by molar-refractivity contribution is 0.0582. The molecule has 0 aromatic carbocycles. The molecule has 0 spiro atoms. The van der Waals surface area contributed by atoms with Crippen LogP contribution in [-0.2, 0) is 4.74 Å². The summed E-state index contributed by atoms with van der Waals surface area (Å²) in [5.74, 6) is 1.91. The Morgan fingerprint density at radius 2 is 2.07 bits per heavy atom. The lowest BCUT2D eigenvalue weighted by atomic mass is 9.92. The van der Waals surface area contributed by atoms with E-state index >= 15 is 0 Å². The summed E-state index contributed by atoms with van der Waals surface area (Å²) in [6.45, 7) is 3.60. The molecule has 3 unspecified atom stereocenters. The fraction of sp³-hybridized carbons (Fsp3) is 1.00. The summed E-state index contributed by atoms with van der Waals surface area (Å²) >= 11 is 0. The zero-order valence-electron chi connectivity index (χ0n) is 10.2. The van der Waals surface area contributed by atoms with Crippen molar-refractivity contribution in [1.29, 1.82) is 0 Å². The molecule has 88 valence electrons. The van der Waals surface area contributed by atoms with Crippen molar-refractivity contribution in [3.8, 4) is 0 Å². The first-order chi connectivity index (χ1) is 7.29. The molecule has 0 amide bonds. The number of rotatable bonds is 5. The maximum absolute atomic E-state index is 5.45. The SMILES string of the molecule is COC1CCCC(NCC(C)C2CC2)C1. The highest BCUT2D eigenvalue weighted by Gasteiger charge is 2.28. The van der Waals surface area contributed by atoms with E-state index in [1.54, 1.807) is 0 Å². The van der Waals surface area contributed by atoms with E-state index in [-0.39, 0.29) is 0 Å². The first kappa shape index (κ1) is 11.4. The van der Waals surface area contributed by atoms with Crippen LogP contribution in [0.2, 0.25) is 0 Å². The Balaban J connectivity index is 1.64. The molecule has 2 saturated carbocycles. The Morgan fingerprint density at radius 3 is 2.73 bits per heavy atom. The van der Waals surface area contributed by atoms with Crippen molar-refractivity contribution < 1.29 is 4.74 Å². The highest BCUT2D eigenvalue weighted by Crippen LogP contribution is 2.36. The van der Waals surface area contributed by atoms with Gasteiger partial charge in [0.2, 0.25) is 0 Å². The van der Waals surface area contributed by atoms with E-state index in [4.69, 9.17) is 4.74 Å². The fourth-order valence-electron chi connectivity index (χ4n) is 2.73. The van der Waals surface area contributed by atoms with E-state index in [1.807, 2.05) is 7.11 Å². The summed E-state index contributed by atoms with van der Waals surface area (Å²) in [5, 5.41) is 3.73. The highest BCUT2D eigenvalue weighted by molar-refractivity contribution is 4.83. The van der Waals surface area contributed by atoms with Crippen molar-refractivity contribution in [2.75, 3.05) is 13.7 Å². The maximum atomic E-state index is 5.45. The molecule has 2 rings (SSSR count). The Kier molecular flexibility index (Phi) is 4.04. The van der Waals surface area contributed by atoms with Crippen molar-refractivity contribution in [3.63, 3.8) is 0 Å². The van der Waals surface area contributed by atoms with Crippen LogP contribution in [0.3, 0.4) is 0 Å². The van der Waals surface area contributed by atoms with Gasteiger partial charge in [0.25, 0.3) is 0 Å². The third kappa shape index (κ3) is 3.46. The molecule has 1 N–H and O–H groups in total. The van der Waals surface area contributed by atoms with Gasteiger partial charge in [-0.15, -0.1) is 0 Å². The molecule has 0 aromatic heterocycles. The second-order valence-electron chi connectivity index (χ2n) is 5.44. The monoisotopic (exact) mass is 211 g/mol. The molecular weight excluding hydrogens is 186 g/mol. The molecule has 2 heteroatoms. The zero-order chi connectivity index (χ0) is 10.7. The molecule has 2 aliphatic rings. The van der Waals surface area contributed by atoms with Crippen LogP contribution in [0.1, 0.15) is 45.4 Å². The average Bonchev–Trinajstić information content (AvgIpc) is 3.10. The topological polar surface area (TPSA) is 21.3 Å². The van der Waals surface area contributed by atoms with Crippen LogP contribution in [0.4, 0.5) is 0 Å². The van der Waals surface area contributed by atoms with E-state index in [0.29, 0.717) is 12.1 Å². The predicted molar refractivity (Wildman–Crippen MR) is 62.9 cm³/mol. The first-order valence-corrected chi connectivity index (χ1v) is 6.55. The molecule has 0 heterocycles. The number of hydrogen-bond donors (Lipinski definition) is 1. The largest absolute Gasteiger partial charge is 0.381 e. The van der Waals surface area contributed by atoms with Gasteiger partial charge in [0.15, 0.2) is 0 Å². The van der Waals surface area contributed by atoms with Crippen molar-refractivity contribution in [1.82, 2.24) is 5.32 Å². The lowest BCUT2D eigenvalue weighted by Gasteiger charge is -2.29. The van der Waals surface area contributed by atoms with Gasteiger partial charge in [-0.3, -0.25) is 0 Å². The average molecular weight is 211 g/mol. The smallest absolute Gasteiger partial charge is 0.0586 e. The van der Waals surface area contributed by atoms with Crippen LogP contribution in [0, 0.1) is 11.8 Å². The van der Waals surface area contributed by atoms with Crippen molar-refractivity contribution >= 4 is 0 Å². The van der Waals surface area contributed by atoms with E-state index in [9.17, 15) is 0 Å². The van der Waals surface area contributed by atoms with Gasteiger partial charge >= 0.3 is 0 Å². The number of ether oxygens (including phenoxy) is 1. The van der Waals surface area contributed by atoms with Crippen LogP contribution >= 0.6 is 0 Å². The second kappa shape index (κ2) is 5.31. The van der Waals surface area contributed by atoms with Gasteiger partial charge in [0.1, 0.15) is 0 Å². The molecule has 2 nitrogen and oxygen atoms in total. The molecule has 0 saturated heterocycles. The van der Waals surface area contributed by atoms with Crippen molar-refractivity contribution in [2.24, 2.45) is 11.8 Å². The molecule has 0 radical (unpaired) electrons. The predicted octanol–water partition coefficient (Wildman–Crippen LogP) is 2.58. The summed E-state index contributed by atoms with van der Waals surface area (Å²) < 4.78 is 5.45. The van der Waals surface area contributed by atoms with E-state index in [2.05, 4.69) is 12.2 Å². The summed E-state index contributed by atoms with van der Waals surface area (Å²) in [4.78, 5) is 0. The number of nitrogens with one attached hydrogen (secondary N) is 1. The molecule has 15 heavy (non-hydrogen) atoms. The molecule has 2 fully saturated rings. The first-order valence-electron chi connectivity index (χ1n) is 6.55. The summed E-state index contributed by atoms with van der Waals surface area (Å²) in [6, 6.07) is 0.713. The molecule has 0 aliphatic heterocycles. The normalized spacial score (nSPS) is 34.0. The van der Waals surface area contributed by atoms with E-state index in [1.165, 1.54) is 45.1 Å². The van der Waals surface area contributed by atoms with Gasteiger partial charge in [-0.25, -0.2) is 0 Å². The van der Waals surface area contributed by atoms with Gasteiger partial charge < -0.3 is 10.1 Å². The molecule has 2 aliphatic carbocycles. The fourth-order valence-corrected chi connectivity index (χ4v) is 2.73. The zero-order valence-corrected chi connectivity index (χ0v) is 10.2. The minimum Gasteiger partial charge on any atom is -0.381 e. The summed E-state index contributed by atoms with van der Waals surface area (Å²) in [6.07, 6.45) is 8.58. The Bertz CT molecular complexity index is 191. The Morgan fingerprint density at radius 1 is 1.27 bits per heavy atom. The van der Waals surface area contributed by atoms with E-state index < -0.39 is 0 Å². The van der Waals surface area contributed by atoms with Gasteiger partial charge in [-0.2, -0.15) is 0 Å². The third-order valence-electron chi connectivity index (χ3n) is 4.11. The van der Waals surface area contributed by atoms with Crippen LogP contribution in [0.15, 0.2) is 0 Å². The second-order valence-corrected chi connectivity index (χ2v) is 5.44. The molecule has 0 aromatic rings. The van der Waals surface area contributed by atoms with Crippen LogP contribution in [0.25, 0.3) is 0 Å². The van der Waals surface area contributed by atoms with Gasteiger partial charge in [0, 0.05) is 13.2 Å². The van der Waals surface area contributed by atoms with Crippen LogP contribution in [-0.4, -0.2) is 25.8 Å². The highest BCUT2D eigenvalue weighted by atomic mass is 16.5. The summed E-state index contributed by atoms with van der Waals surface area (Å²) in [7, 11) is 1.85.